The molecule has 9 aromatic carbocycles. The molecule has 0 unspecified atom stereocenters. The van der Waals surface area contributed by atoms with Crippen molar-refractivity contribution in [1.82, 2.24) is 9.55 Å². The van der Waals surface area contributed by atoms with Crippen LogP contribution in [0.25, 0.3) is 49.9 Å². The maximum atomic E-state index is 7.35. The van der Waals surface area contributed by atoms with E-state index in [1.54, 1.807) is 0 Å². The van der Waals surface area contributed by atoms with Gasteiger partial charge in [-0.25, -0.2) is 4.98 Å². The van der Waals surface area contributed by atoms with Crippen LogP contribution in [0.2, 0.25) is 0 Å². The van der Waals surface area contributed by atoms with Crippen LogP contribution in [0, 0.1) is 0 Å². The minimum Gasteiger partial charge on any atom is -0.457 e. The minimum absolute atomic E-state index is 0.00482. The monoisotopic (exact) mass is 1010 g/mol. The third-order valence-corrected chi connectivity index (χ3v) is 16.5. The van der Waals surface area contributed by atoms with Crippen LogP contribution in [0.15, 0.2) is 225 Å². The SMILES string of the molecule is CC(C)(C)c1ccc(C2(c3ccc(C(C)(C)C)cc3)c3cccc4c3c3c2cc(Oc2cccc(N5CN(c6c(-c7ccccc7)cccc6-c6ccccc6)c6ccccc65)c2)cc3n4-c2cc(C(C)(C)C)ccn2)cc1. The number of hydrogen-bond acceptors (Lipinski definition) is 4. The van der Waals surface area contributed by atoms with Crippen LogP contribution in [-0.4, -0.2) is 16.2 Å². The number of fused-ring (bicyclic) bond motifs is 1. The lowest BCUT2D eigenvalue weighted by Gasteiger charge is -2.36. The molecule has 384 valence electrons. The van der Waals surface area contributed by atoms with Gasteiger partial charge in [0.25, 0.3) is 0 Å². The second-order valence-corrected chi connectivity index (χ2v) is 24.5. The first-order valence-corrected chi connectivity index (χ1v) is 27.5. The van der Waals surface area contributed by atoms with Crippen LogP contribution in [0.1, 0.15) is 101 Å². The quantitative estimate of drug-likeness (QED) is 0.144. The summed E-state index contributed by atoms with van der Waals surface area (Å²) in [6.45, 7) is 21.2. The molecule has 3 heterocycles. The lowest BCUT2D eigenvalue weighted by atomic mass is 9.66. The highest BCUT2D eigenvalue weighted by Crippen LogP contribution is 2.59. The van der Waals surface area contributed by atoms with E-state index in [9.17, 15) is 0 Å². The van der Waals surface area contributed by atoms with E-state index in [1.807, 2.05) is 6.20 Å². The van der Waals surface area contributed by atoms with Crippen LogP contribution in [0.3, 0.4) is 0 Å². The van der Waals surface area contributed by atoms with Crippen molar-refractivity contribution in [3.63, 3.8) is 0 Å². The summed E-state index contributed by atoms with van der Waals surface area (Å²) < 4.78 is 9.73. The van der Waals surface area contributed by atoms with Crippen molar-refractivity contribution in [3.8, 4) is 39.6 Å². The zero-order valence-corrected chi connectivity index (χ0v) is 46.3. The number of aromatic nitrogens is 2. The van der Waals surface area contributed by atoms with E-state index >= 15 is 0 Å². The Labute approximate surface area is 460 Å². The Bertz CT molecular complexity index is 3960. The van der Waals surface area contributed by atoms with Crippen LogP contribution in [0.4, 0.5) is 22.7 Å². The zero-order chi connectivity index (χ0) is 53.7. The van der Waals surface area contributed by atoms with Gasteiger partial charge in [0.15, 0.2) is 0 Å². The Morgan fingerprint density at radius 1 is 0.423 bits per heavy atom. The lowest BCUT2D eigenvalue weighted by molar-refractivity contribution is 0.482. The molecule has 0 amide bonds. The maximum Gasteiger partial charge on any atom is 0.137 e. The zero-order valence-electron chi connectivity index (χ0n) is 46.3. The Morgan fingerprint density at radius 3 is 1.55 bits per heavy atom. The van der Waals surface area contributed by atoms with Crippen molar-refractivity contribution in [2.24, 2.45) is 0 Å². The summed E-state index contributed by atoms with van der Waals surface area (Å²) in [7, 11) is 0. The number of benzene rings is 9. The van der Waals surface area contributed by atoms with Crippen molar-refractivity contribution in [2.45, 2.75) is 84.0 Å². The van der Waals surface area contributed by atoms with Crippen LogP contribution in [-0.2, 0) is 21.7 Å². The first kappa shape index (κ1) is 48.9. The number of pyridine rings is 1. The second-order valence-electron chi connectivity index (χ2n) is 24.5. The molecule has 0 N–H and O–H groups in total. The van der Waals surface area contributed by atoms with E-state index < -0.39 is 5.41 Å². The summed E-state index contributed by atoms with van der Waals surface area (Å²) in [6, 6.07) is 80.4. The van der Waals surface area contributed by atoms with E-state index in [2.05, 4.69) is 295 Å². The summed E-state index contributed by atoms with van der Waals surface area (Å²) in [5.41, 5.74) is 19.4. The average molecular weight is 1020 g/mol. The van der Waals surface area contributed by atoms with Crippen molar-refractivity contribution in [1.29, 1.82) is 0 Å². The van der Waals surface area contributed by atoms with Crippen molar-refractivity contribution in [3.05, 3.63) is 264 Å². The highest BCUT2D eigenvalue weighted by molar-refractivity contribution is 6.18. The Balaban J connectivity index is 0.985. The van der Waals surface area contributed by atoms with Gasteiger partial charge in [-0.15, -0.1) is 0 Å². The van der Waals surface area contributed by atoms with E-state index in [1.165, 1.54) is 77.7 Å². The van der Waals surface area contributed by atoms with Crippen molar-refractivity contribution >= 4 is 44.6 Å². The third kappa shape index (κ3) is 8.01. The fourth-order valence-electron chi connectivity index (χ4n) is 12.5. The largest absolute Gasteiger partial charge is 0.457 e. The van der Waals surface area contributed by atoms with Crippen molar-refractivity contribution < 1.29 is 4.74 Å². The molecule has 0 atom stereocenters. The number of nitrogens with zero attached hydrogens (tertiary/aromatic N) is 4. The van der Waals surface area contributed by atoms with Gasteiger partial charge in [0, 0.05) is 45.9 Å². The summed E-state index contributed by atoms with van der Waals surface area (Å²) in [5, 5.41) is 2.48. The molecule has 13 rings (SSSR count). The third-order valence-electron chi connectivity index (χ3n) is 16.5. The fourth-order valence-corrected chi connectivity index (χ4v) is 12.5. The van der Waals surface area contributed by atoms with Gasteiger partial charge in [0.05, 0.1) is 33.5 Å². The molecule has 1 aliphatic carbocycles. The molecule has 2 aliphatic rings. The predicted octanol–water partition coefficient (Wildman–Crippen LogP) is 19.1. The summed E-state index contributed by atoms with van der Waals surface area (Å²) in [4.78, 5) is 10.0. The molecule has 1 aliphatic heterocycles. The number of anilines is 4. The van der Waals surface area contributed by atoms with Crippen molar-refractivity contribution in [2.75, 3.05) is 16.5 Å². The van der Waals surface area contributed by atoms with Gasteiger partial charge >= 0.3 is 0 Å². The number of rotatable bonds is 9. The molecule has 0 radical (unpaired) electrons. The summed E-state index contributed by atoms with van der Waals surface area (Å²) in [5.74, 6) is 2.41. The number of para-hydroxylation sites is 3. The highest BCUT2D eigenvalue weighted by atomic mass is 16.5. The molecule has 0 saturated heterocycles. The lowest BCUT2D eigenvalue weighted by Crippen LogP contribution is -2.29. The summed E-state index contributed by atoms with van der Waals surface area (Å²) >= 11 is 0. The van der Waals surface area contributed by atoms with Gasteiger partial charge in [0.1, 0.15) is 24.0 Å². The molecule has 78 heavy (non-hydrogen) atoms. The van der Waals surface area contributed by atoms with E-state index in [0.717, 1.165) is 45.4 Å². The Kier molecular flexibility index (Phi) is 11.4. The number of ether oxygens (including phenoxy) is 1. The number of hydrogen-bond donors (Lipinski definition) is 0. The van der Waals surface area contributed by atoms with E-state index in [4.69, 9.17) is 9.72 Å². The first-order valence-electron chi connectivity index (χ1n) is 27.5. The molecule has 0 fully saturated rings. The normalized spacial score (nSPS) is 14.0. The molecule has 0 spiro atoms. The molecular weight excluding hydrogens is 949 g/mol. The molecule has 11 aromatic rings. The van der Waals surface area contributed by atoms with Gasteiger partial charge in [-0.1, -0.05) is 220 Å². The highest BCUT2D eigenvalue weighted by Gasteiger charge is 2.47. The summed E-state index contributed by atoms with van der Waals surface area (Å²) in [6.07, 6.45) is 1.97. The first-order chi connectivity index (χ1) is 37.6. The Hall–Kier alpha value is -8.67. The van der Waals surface area contributed by atoms with E-state index in [0.29, 0.717) is 6.67 Å². The van der Waals surface area contributed by atoms with Crippen LogP contribution in [0.5, 0.6) is 11.5 Å². The Morgan fingerprint density at radius 2 is 0.962 bits per heavy atom. The smallest absolute Gasteiger partial charge is 0.137 e. The van der Waals surface area contributed by atoms with E-state index in [-0.39, 0.29) is 16.2 Å². The fraction of sp³-hybridized carbons (Fsp3) is 0.192. The molecular formula is C73H66N4O. The average Bonchev–Trinajstić information content (AvgIpc) is 4.15. The minimum atomic E-state index is -0.659. The molecule has 5 nitrogen and oxygen atoms in total. The maximum absolute atomic E-state index is 7.35. The molecule has 5 heteroatoms. The van der Waals surface area contributed by atoms with Gasteiger partial charge < -0.3 is 14.5 Å². The standard InChI is InChI=1S/C73H66N4O/c1-70(2,3)50-33-37-52(38-34-50)73(53-39-35-51(36-40-53)71(4,5)6)60-29-20-32-64-67(60)68-61(73)45-57(46-65(68)77(64)66-43-54(41-42-74-66)72(7,8)9)78-56-26-18-25-55(44-56)75-47-76(63-31-17-16-30-62(63)75)69-58(48-21-12-10-13-22-48)27-19-28-59(69)49-23-14-11-15-24-49/h10-46H,47H2,1-9H3. The molecule has 0 bridgehead atoms. The molecule has 2 aromatic heterocycles. The van der Waals surface area contributed by atoms with Crippen LogP contribution < -0.4 is 14.5 Å². The van der Waals surface area contributed by atoms with Gasteiger partial charge in [-0.2, -0.15) is 0 Å². The van der Waals surface area contributed by atoms with Gasteiger partial charge in [-0.3, -0.25) is 4.57 Å². The topological polar surface area (TPSA) is 33.5 Å². The predicted molar refractivity (Wildman–Crippen MR) is 326 cm³/mol. The van der Waals surface area contributed by atoms with Gasteiger partial charge in [0.2, 0.25) is 0 Å². The molecule has 0 saturated carbocycles. The van der Waals surface area contributed by atoms with Gasteiger partial charge in [-0.05, 0) is 115 Å². The van der Waals surface area contributed by atoms with Crippen LogP contribution >= 0.6 is 0 Å². The second kappa shape index (κ2) is 18.2.